The molecule has 0 N–H and O–H groups in total. The highest BCUT2D eigenvalue weighted by atomic mass is 16.5. The molecule has 2 fully saturated rings. The van der Waals surface area contributed by atoms with Crippen molar-refractivity contribution < 1.29 is 38.2 Å². The van der Waals surface area contributed by atoms with Crippen molar-refractivity contribution >= 4 is 47.7 Å². The third-order valence-corrected chi connectivity index (χ3v) is 6.47. The number of piperazine rings is 2. The molecule has 218 valence electrons. The summed E-state index contributed by atoms with van der Waals surface area (Å²) in [5.41, 5.74) is 1.60. The summed E-state index contributed by atoms with van der Waals surface area (Å²) < 4.78 is 10.1. The van der Waals surface area contributed by atoms with Crippen molar-refractivity contribution in [1.82, 2.24) is 19.6 Å². The Hall–Kier alpha value is -4.94. The first-order valence-corrected chi connectivity index (χ1v) is 13.2. The topological polar surface area (TPSA) is 134 Å². The Morgan fingerprint density at radius 1 is 0.571 bits per heavy atom. The molecule has 2 aromatic carbocycles. The van der Waals surface area contributed by atoms with E-state index in [9.17, 15) is 28.8 Å². The molecule has 12 nitrogen and oxygen atoms in total. The second kappa shape index (κ2) is 14.6. The number of carbonyl (C=O) groups is 6. The second-order valence-corrected chi connectivity index (χ2v) is 9.53. The summed E-state index contributed by atoms with van der Waals surface area (Å²) in [7, 11) is 0. The molecule has 0 radical (unpaired) electrons. The zero-order valence-electron chi connectivity index (χ0n) is 22.8. The first kappa shape index (κ1) is 30.0. The minimum Gasteiger partial charge on any atom is -0.441 e. The molecule has 2 aliphatic rings. The number of hydrogen-bond donors (Lipinski definition) is 0. The maximum Gasteiger partial charge on any atom is 0.332 e. The number of nitrogens with zero attached hydrogens (tertiary/aromatic N) is 4. The van der Waals surface area contributed by atoms with Crippen molar-refractivity contribution in [1.29, 1.82) is 0 Å². The monoisotopic (exact) mass is 574 g/mol. The van der Waals surface area contributed by atoms with Gasteiger partial charge in [0.15, 0.2) is 13.5 Å². The van der Waals surface area contributed by atoms with Crippen LogP contribution in [0.4, 0.5) is 0 Å². The Labute approximate surface area is 242 Å². The van der Waals surface area contributed by atoms with Gasteiger partial charge in [0.1, 0.15) is 0 Å². The second-order valence-electron chi connectivity index (χ2n) is 9.53. The van der Waals surface area contributed by atoms with Gasteiger partial charge in [0.05, 0.1) is 26.2 Å². The molecule has 0 aromatic heterocycles. The molecule has 0 aliphatic carbocycles. The minimum atomic E-state index is -0.686. The Balaban J connectivity index is 1.16. The zero-order valence-corrected chi connectivity index (χ0v) is 22.8. The van der Waals surface area contributed by atoms with Crippen molar-refractivity contribution in [2.75, 3.05) is 52.7 Å². The number of amides is 4. The fourth-order valence-corrected chi connectivity index (χ4v) is 4.19. The molecule has 0 saturated carbocycles. The van der Waals surface area contributed by atoms with Crippen LogP contribution in [0, 0.1) is 0 Å². The van der Waals surface area contributed by atoms with Crippen molar-refractivity contribution in [3.63, 3.8) is 0 Å². The summed E-state index contributed by atoms with van der Waals surface area (Å²) in [4.78, 5) is 79.1. The van der Waals surface area contributed by atoms with Gasteiger partial charge in [-0.1, -0.05) is 60.7 Å². The molecule has 4 amide bonds. The van der Waals surface area contributed by atoms with Crippen LogP contribution in [0.2, 0.25) is 0 Å². The number of carbonyl (C=O) groups excluding carboxylic acids is 6. The molecular weight excluding hydrogens is 544 g/mol. The zero-order chi connectivity index (χ0) is 29.9. The summed E-state index contributed by atoms with van der Waals surface area (Å²) in [6.07, 6.45) is 5.57. The van der Waals surface area contributed by atoms with E-state index in [2.05, 4.69) is 0 Å². The molecule has 2 aliphatic heterocycles. The van der Waals surface area contributed by atoms with Gasteiger partial charge in [0, 0.05) is 25.2 Å². The molecule has 4 rings (SSSR count). The van der Waals surface area contributed by atoms with Crippen molar-refractivity contribution in [3.8, 4) is 0 Å². The Morgan fingerprint density at radius 2 is 0.905 bits per heavy atom. The SMILES string of the molecule is O=C(C=Cc1ccccc1)OCN1C(=O)CN(CCN2CC(=O)N(COC(=O)C=Cc3ccccc3)C(=O)C2)CC1=O. The quantitative estimate of drug-likeness (QED) is 0.215. The van der Waals surface area contributed by atoms with Crippen LogP contribution in [-0.2, 0) is 38.2 Å². The molecule has 42 heavy (non-hydrogen) atoms. The predicted octanol–water partition coefficient (Wildman–Crippen LogP) is 0.756. The Kier molecular flexibility index (Phi) is 10.5. The van der Waals surface area contributed by atoms with Gasteiger partial charge >= 0.3 is 11.9 Å². The van der Waals surface area contributed by atoms with E-state index in [1.165, 1.54) is 12.2 Å². The summed E-state index contributed by atoms with van der Waals surface area (Å²) in [6, 6.07) is 18.2. The van der Waals surface area contributed by atoms with Crippen LogP contribution >= 0.6 is 0 Å². The number of ether oxygens (including phenoxy) is 2. The van der Waals surface area contributed by atoms with Crippen molar-refractivity contribution in [3.05, 3.63) is 83.9 Å². The average molecular weight is 575 g/mol. The Morgan fingerprint density at radius 3 is 1.24 bits per heavy atom. The van der Waals surface area contributed by atoms with E-state index in [0.717, 1.165) is 20.9 Å². The van der Waals surface area contributed by atoms with Gasteiger partial charge in [0.2, 0.25) is 23.6 Å². The fraction of sp³-hybridized carbons (Fsp3) is 0.267. The molecule has 0 atom stereocenters. The third-order valence-electron chi connectivity index (χ3n) is 6.47. The van der Waals surface area contributed by atoms with Gasteiger partial charge in [-0.05, 0) is 23.3 Å². The predicted molar refractivity (Wildman–Crippen MR) is 149 cm³/mol. The molecule has 2 saturated heterocycles. The lowest BCUT2D eigenvalue weighted by molar-refractivity contribution is -0.165. The van der Waals surface area contributed by atoms with E-state index < -0.39 is 49.0 Å². The average Bonchev–Trinajstić information content (AvgIpc) is 2.98. The van der Waals surface area contributed by atoms with Gasteiger partial charge in [-0.2, -0.15) is 0 Å². The van der Waals surface area contributed by atoms with E-state index in [0.29, 0.717) is 0 Å². The van der Waals surface area contributed by atoms with Crippen molar-refractivity contribution in [2.45, 2.75) is 0 Å². The minimum absolute atomic E-state index is 0.0859. The summed E-state index contributed by atoms with van der Waals surface area (Å²) in [5, 5.41) is 0. The molecule has 2 aromatic rings. The van der Waals surface area contributed by atoms with Crippen LogP contribution in [-0.4, -0.2) is 108 Å². The summed E-state index contributed by atoms with van der Waals surface area (Å²) in [5.74, 6) is -3.46. The van der Waals surface area contributed by atoms with E-state index in [1.807, 2.05) is 60.7 Å². The highest BCUT2D eigenvalue weighted by Gasteiger charge is 2.34. The normalized spacial score (nSPS) is 17.0. The maximum absolute atomic E-state index is 12.5. The Bertz CT molecular complexity index is 1230. The lowest BCUT2D eigenvalue weighted by Crippen LogP contribution is -2.58. The van der Waals surface area contributed by atoms with Gasteiger partial charge in [-0.25, -0.2) is 19.4 Å². The first-order valence-electron chi connectivity index (χ1n) is 13.2. The number of benzene rings is 2. The highest BCUT2D eigenvalue weighted by Crippen LogP contribution is 2.10. The highest BCUT2D eigenvalue weighted by molar-refractivity contribution is 6.00. The molecule has 0 unspecified atom stereocenters. The van der Waals surface area contributed by atoms with Crippen molar-refractivity contribution in [2.24, 2.45) is 0 Å². The third kappa shape index (κ3) is 8.78. The fourth-order valence-electron chi connectivity index (χ4n) is 4.19. The van der Waals surface area contributed by atoms with E-state index in [1.54, 1.807) is 22.0 Å². The summed E-state index contributed by atoms with van der Waals surface area (Å²) >= 11 is 0. The van der Waals surface area contributed by atoms with E-state index in [4.69, 9.17) is 9.47 Å². The van der Waals surface area contributed by atoms with Gasteiger partial charge in [-0.3, -0.25) is 29.0 Å². The molecule has 0 spiro atoms. The van der Waals surface area contributed by atoms with Crippen LogP contribution in [0.1, 0.15) is 11.1 Å². The number of imide groups is 2. The number of esters is 2. The molecule has 0 bridgehead atoms. The first-order chi connectivity index (χ1) is 20.3. The smallest absolute Gasteiger partial charge is 0.332 e. The van der Waals surface area contributed by atoms with E-state index in [-0.39, 0.29) is 39.3 Å². The van der Waals surface area contributed by atoms with Gasteiger partial charge in [0.25, 0.3) is 0 Å². The lowest BCUT2D eigenvalue weighted by Gasteiger charge is -2.35. The molecule has 2 heterocycles. The van der Waals surface area contributed by atoms with Crippen LogP contribution in [0.25, 0.3) is 12.2 Å². The number of rotatable bonds is 11. The largest absolute Gasteiger partial charge is 0.441 e. The van der Waals surface area contributed by atoms with Gasteiger partial charge < -0.3 is 9.47 Å². The van der Waals surface area contributed by atoms with Crippen LogP contribution in [0.5, 0.6) is 0 Å². The van der Waals surface area contributed by atoms with E-state index >= 15 is 0 Å². The molecular formula is C30H30N4O8. The maximum atomic E-state index is 12.5. The summed E-state index contributed by atoms with van der Waals surface area (Å²) in [6.45, 7) is -0.804. The van der Waals surface area contributed by atoms with Crippen LogP contribution in [0.3, 0.4) is 0 Å². The standard InChI is InChI=1S/C30H30N4O8/c35-25-17-31(18-26(36)33(25)21-41-29(39)13-11-23-7-3-1-4-8-23)15-16-32-19-27(37)34(28(38)20-32)22-42-30(40)14-12-24-9-5-2-6-10-24/h1-14H,15-22H2. The van der Waals surface area contributed by atoms with Gasteiger partial charge in [-0.15, -0.1) is 0 Å². The van der Waals surface area contributed by atoms with Crippen LogP contribution in [0.15, 0.2) is 72.8 Å². The lowest BCUT2D eigenvalue weighted by atomic mass is 10.2. The van der Waals surface area contributed by atoms with Crippen LogP contribution < -0.4 is 0 Å². The molecule has 12 heteroatoms. The number of hydrogen-bond acceptors (Lipinski definition) is 10.